The molecule has 142 valence electrons. The van der Waals surface area contributed by atoms with Gasteiger partial charge in [-0.2, -0.15) is 0 Å². The summed E-state index contributed by atoms with van der Waals surface area (Å²) in [7, 11) is 1.65. The van der Waals surface area contributed by atoms with E-state index in [-0.39, 0.29) is 30.0 Å². The fraction of sp³-hybridized carbons (Fsp3) is 0.350. The minimum atomic E-state index is 0. The Hall–Kier alpha value is -1.80. The van der Waals surface area contributed by atoms with Gasteiger partial charge in [0.2, 0.25) is 0 Å². The number of nitrogens with two attached hydrogens (primary N) is 1. The second-order valence-corrected chi connectivity index (χ2v) is 5.73. The highest BCUT2D eigenvalue weighted by Gasteiger charge is 2.17. The summed E-state index contributed by atoms with van der Waals surface area (Å²) < 4.78 is 5.16. The number of hydrogen-bond acceptors (Lipinski definition) is 3. The Morgan fingerprint density at radius 3 is 2.23 bits per heavy atom. The van der Waals surface area contributed by atoms with Crippen LogP contribution in [-0.2, 0) is 0 Å². The highest BCUT2D eigenvalue weighted by Crippen LogP contribution is 2.21. The molecule has 2 aromatic rings. The van der Waals surface area contributed by atoms with Crippen molar-refractivity contribution in [2.45, 2.75) is 19.9 Å². The number of nitrogens with one attached hydrogen (secondary N) is 1. The fourth-order valence-corrected chi connectivity index (χ4v) is 2.82. The third kappa shape index (κ3) is 6.49. The van der Waals surface area contributed by atoms with E-state index in [9.17, 15) is 0 Å². The van der Waals surface area contributed by atoms with Gasteiger partial charge in [0.1, 0.15) is 5.75 Å². The van der Waals surface area contributed by atoms with Crippen LogP contribution in [0.15, 0.2) is 59.6 Å². The van der Waals surface area contributed by atoms with Crippen LogP contribution in [0.3, 0.4) is 0 Å². The standard InChI is InChI=1S/C20H28N4O.HI/c1-4-24(5-2)19(16-9-7-6-8-10-16)15-22-20(21)23-17-11-13-18(25-3)14-12-17;/h6-14,19H,4-5,15H2,1-3H3,(H3,21,22,23);1H. The molecule has 26 heavy (non-hydrogen) atoms. The Balaban J connectivity index is 0.00000338. The zero-order chi connectivity index (χ0) is 18.1. The number of anilines is 1. The van der Waals surface area contributed by atoms with E-state index in [2.05, 4.69) is 53.3 Å². The lowest BCUT2D eigenvalue weighted by molar-refractivity contribution is 0.224. The van der Waals surface area contributed by atoms with Crippen LogP contribution in [0.4, 0.5) is 5.69 Å². The lowest BCUT2D eigenvalue weighted by Gasteiger charge is -2.29. The summed E-state index contributed by atoms with van der Waals surface area (Å²) in [4.78, 5) is 6.95. The van der Waals surface area contributed by atoms with Gasteiger partial charge >= 0.3 is 0 Å². The Bertz CT molecular complexity index is 657. The first-order valence-corrected chi connectivity index (χ1v) is 8.67. The van der Waals surface area contributed by atoms with Gasteiger partial charge < -0.3 is 15.8 Å². The number of rotatable bonds is 8. The molecule has 2 aromatic carbocycles. The van der Waals surface area contributed by atoms with Crippen LogP contribution in [0.1, 0.15) is 25.5 Å². The predicted octanol–water partition coefficient (Wildman–Crippen LogP) is 4.12. The maximum absolute atomic E-state index is 6.07. The molecule has 1 atom stereocenters. The highest BCUT2D eigenvalue weighted by molar-refractivity contribution is 14.0. The van der Waals surface area contributed by atoms with Crippen molar-refractivity contribution in [2.24, 2.45) is 10.7 Å². The summed E-state index contributed by atoms with van der Waals surface area (Å²) in [6.07, 6.45) is 0. The molecule has 0 aliphatic heterocycles. The van der Waals surface area contributed by atoms with Crippen LogP contribution < -0.4 is 15.8 Å². The zero-order valence-corrected chi connectivity index (χ0v) is 18.0. The van der Waals surface area contributed by atoms with Crippen molar-refractivity contribution in [3.63, 3.8) is 0 Å². The van der Waals surface area contributed by atoms with Crippen molar-refractivity contribution in [2.75, 3.05) is 32.1 Å². The van der Waals surface area contributed by atoms with E-state index in [1.807, 2.05) is 30.3 Å². The van der Waals surface area contributed by atoms with Crippen LogP contribution >= 0.6 is 24.0 Å². The predicted molar refractivity (Wildman–Crippen MR) is 121 cm³/mol. The summed E-state index contributed by atoms with van der Waals surface area (Å²) in [6, 6.07) is 18.3. The van der Waals surface area contributed by atoms with E-state index in [0.29, 0.717) is 12.5 Å². The second-order valence-electron chi connectivity index (χ2n) is 5.73. The largest absolute Gasteiger partial charge is 0.497 e. The Labute approximate surface area is 173 Å². The van der Waals surface area contributed by atoms with Gasteiger partial charge in [0.05, 0.1) is 19.7 Å². The van der Waals surface area contributed by atoms with Crippen LogP contribution in [0.2, 0.25) is 0 Å². The highest BCUT2D eigenvalue weighted by atomic mass is 127. The molecular formula is C20H29IN4O. The molecule has 2 rings (SSSR count). The first-order chi connectivity index (χ1) is 12.2. The number of aliphatic imine (C=N–C) groups is 1. The van der Waals surface area contributed by atoms with Crippen molar-refractivity contribution in [1.82, 2.24) is 4.90 Å². The number of hydrogen-bond donors (Lipinski definition) is 2. The van der Waals surface area contributed by atoms with Crippen LogP contribution in [-0.4, -0.2) is 37.6 Å². The van der Waals surface area contributed by atoms with E-state index in [1.165, 1.54) is 5.56 Å². The molecule has 0 spiro atoms. The van der Waals surface area contributed by atoms with Gasteiger partial charge in [-0.15, -0.1) is 24.0 Å². The normalized spacial score (nSPS) is 12.4. The van der Waals surface area contributed by atoms with E-state index < -0.39 is 0 Å². The molecule has 0 saturated heterocycles. The van der Waals surface area contributed by atoms with Crippen LogP contribution in [0, 0.1) is 0 Å². The van der Waals surface area contributed by atoms with Crippen molar-refractivity contribution in [3.8, 4) is 5.75 Å². The summed E-state index contributed by atoms with van der Waals surface area (Å²) >= 11 is 0. The molecule has 3 N–H and O–H groups in total. The van der Waals surface area contributed by atoms with Gasteiger partial charge in [-0.1, -0.05) is 44.2 Å². The van der Waals surface area contributed by atoms with Crippen LogP contribution in [0.5, 0.6) is 5.75 Å². The molecular weight excluding hydrogens is 439 g/mol. The third-order valence-electron chi connectivity index (χ3n) is 4.23. The average molecular weight is 468 g/mol. The van der Waals surface area contributed by atoms with Crippen molar-refractivity contribution >= 4 is 35.6 Å². The lowest BCUT2D eigenvalue weighted by atomic mass is 10.1. The van der Waals surface area contributed by atoms with Crippen molar-refractivity contribution in [3.05, 3.63) is 60.2 Å². The maximum atomic E-state index is 6.07. The fourth-order valence-electron chi connectivity index (χ4n) is 2.82. The summed E-state index contributed by atoms with van der Waals surface area (Å²) in [5.74, 6) is 1.23. The number of halogens is 1. The molecule has 6 heteroatoms. The monoisotopic (exact) mass is 468 g/mol. The van der Waals surface area contributed by atoms with Gasteiger partial charge in [0, 0.05) is 5.69 Å². The number of likely N-dealkylation sites (N-methyl/N-ethyl adjacent to an activating group) is 1. The van der Waals surface area contributed by atoms with E-state index >= 15 is 0 Å². The third-order valence-corrected chi connectivity index (χ3v) is 4.23. The molecule has 0 amide bonds. The van der Waals surface area contributed by atoms with Gasteiger partial charge in [0.15, 0.2) is 5.96 Å². The maximum Gasteiger partial charge on any atom is 0.193 e. The van der Waals surface area contributed by atoms with Gasteiger partial charge in [-0.3, -0.25) is 9.89 Å². The van der Waals surface area contributed by atoms with E-state index in [4.69, 9.17) is 10.5 Å². The Kier molecular flexibility index (Phi) is 10.0. The number of ether oxygens (including phenoxy) is 1. The number of nitrogens with zero attached hydrogens (tertiary/aromatic N) is 2. The second kappa shape index (κ2) is 11.7. The lowest BCUT2D eigenvalue weighted by Crippen LogP contribution is -2.32. The molecule has 0 fully saturated rings. The molecule has 0 bridgehead atoms. The molecule has 0 aliphatic rings. The zero-order valence-electron chi connectivity index (χ0n) is 15.7. The van der Waals surface area contributed by atoms with E-state index in [0.717, 1.165) is 24.5 Å². The van der Waals surface area contributed by atoms with Gasteiger partial charge in [0.25, 0.3) is 0 Å². The van der Waals surface area contributed by atoms with E-state index in [1.54, 1.807) is 7.11 Å². The molecule has 1 unspecified atom stereocenters. The Morgan fingerprint density at radius 2 is 1.69 bits per heavy atom. The van der Waals surface area contributed by atoms with Crippen LogP contribution in [0.25, 0.3) is 0 Å². The number of methoxy groups -OCH3 is 1. The van der Waals surface area contributed by atoms with Crippen molar-refractivity contribution in [1.29, 1.82) is 0 Å². The quantitative estimate of drug-likeness (QED) is 0.348. The smallest absolute Gasteiger partial charge is 0.193 e. The first kappa shape index (κ1) is 22.2. The summed E-state index contributed by atoms with van der Waals surface area (Å²) in [5, 5.41) is 3.13. The molecule has 0 radical (unpaired) electrons. The SMILES string of the molecule is CCN(CC)C(CN=C(N)Nc1ccc(OC)cc1)c1ccccc1.I. The topological polar surface area (TPSA) is 62.9 Å². The first-order valence-electron chi connectivity index (χ1n) is 8.67. The summed E-state index contributed by atoms with van der Waals surface area (Å²) in [6.45, 7) is 6.89. The number of benzene rings is 2. The summed E-state index contributed by atoms with van der Waals surface area (Å²) in [5.41, 5.74) is 8.22. The average Bonchev–Trinajstić information content (AvgIpc) is 2.66. The minimum Gasteiger partial charge on any atom is -0.497 e. The molecule has 0 saturated carbocycles. The van der Waals surface area contributed by atoms with Crippen molar-refractivity contribution < 1.29 is 4.74 Å². The number of guanidine groups is 1. The van der Waals surface area contributed by atoms with Gasteiger partial charge in [-0.05, 0) is 42.9 Å². The molecule has 0 aromatic heterocycles. The minimum absolute atomic E-state index is 0. The molecule has 0 aliphatic carbocycles. The molecule has 5 nitrogen and oxygen atoms in total. The molecule has 0 heterocycles. The Morgan fingerprint density at radius 1 is 1.08 bits per heavy atom. The van der Waals surface area contributed by atoms with Gasteiger partial charge in [-0.25, -0.2) is 0 Å².